The van der Waals surface area contributed by atoms with Gasteiger partial charge in [-0.3, -0.25) is 4.79 Å². The third-order valence-electron chi connectivity index (χ3n) is 4.11. The summed E-state index contributed by atoms with van der Waals surface area (Å²) in [5.41, 5.74) is 1.69. The van der Waals surface area contributed by atoms with E-state index in [1.165, 1.54) is 12.1 Å². The van der Waals surface area contributed by atoms with Crippen LogP contribution in [0.2, 0.25) is 0 Å². The van der Waals surface area contributed by atoms with Gasteiger partial charge >= 0.3 is 5.97 Å². The number of morpholine rings is 1. The first-order valence-corrected chi connectivity index (χ1v) is 7.72. The van der Waals surface area contributed by atoms with Gasteiger partial charge in [-0.15, -0.1) is 0 Å². The summed E-state index contributed by atoms with van der Waals surface area (Å²) < 4.78 is 5.54. The van der Waals surface area contributed by atoms with E-state index in [9.17, 15) is 9.59 Å². The standard InChI is InChI=1S/C18H18N2O4/c1-12-14(18(22)23)7-8-15(19-12)17(21)20-9-10-24-11-16(20)13-5-3-2-4-6-13/h2-8,16H,9-11H2,1H3,(H,22,23). The van der Waals surface area contributed by atoms with Crippen LogP contribution in [-0.4, -0.2) is 46.6 Å². The van der Waals surface area contributed by atoms with Crippen LogP contribution in [0.25, 0.3) is 0 Å². The topological polar surface area (TPSA) is 79.7 Å². The molecule has 2 aromatic rings. The summed E-state index contributed by atoms with van der Waals surface area (Å²) in [6.45, 7) is 2.97. The Kier molecular flexibility index (Phi) is 4.57. The summed E-state index contributed by atoms with van der Waals surface area (Å²) in [4.78, 5) is 29.9. The van der Waals surface area contributed by atoms with Crippen molar-refractivity contribution in [2.24, 2.45) is 0 Å². The molecule has 24 heavy (non-hydrogen) atoms. The fourth-order valence-electron chi connectivity index (χ4n) is 2.85. The zero-order chi connectivity index (χ0) is 17.1. The van der Waals surface area contributed by atoms with Gasteiger partial charge in [0.1, 0.15) is 5.69 Å². The summed E-state index contributed by atoms with van der Waals surface area (Å²) in [5.74, 6) is -1.26. The van der Waals surface area contributed by atoms with Gasteiger partial charge in [0, 0.05) is 6.54 Å². The molecule has 6 heteroatoms. The average molecular weight is 326 g/mol. The predicted octanol–water partition coefficient (Wildman–Crippen LogP) is 2.30. The molecule has 0 bridgehead atoms. The van der Waals surface area contributed by atoms with Crippen molar-refractivity contribution < 1.29 is 19.4 Å². The lowest BCUT2D eigenvalue weighted by Gasteiger charge is -2.35. The molecule has 0 aliphatic carbocycles. The number of nitrogens with zero attached hydrogens (tertiary/aromatic N) is 2. The number of rotatable bonds is 3. The van der Waals surface area contributed by atoms with Crippen molar-refractivity contribution >= 4 is 11.9 Å². The van der Waals surface area contributed by atoms with Crippen LogP contribution < -0.4 is 0 Å². The maximum atomic E-state index is 12.9. The van der Waals surface area contributed by atoms with Gasteiger partial charge in [-0.25, -0.2) is 9.78 Å². The second kappa shape index (κ2) is 6.80. The highest BCUT2D eigenvalue weighted by molar-refractivity contribution is 5.94. The number of pyridine rings is 1. The van der Waals surface area contributed by atoms with E-state index in [-0.39, 0.29) is 23.2 Å². The first-order valence-electron chi connectivity index (χ1n) is 7.72. The van der Waals surface area contributed by atoms with Crippen molar-refractivity contribution in [3.05, 3.63) is 65.0 Å². The molecule has 1 aliphatic rings. The number of hydrogen-bond donors (Lipinski definition) is 1. The van der Waals surface area contributed by atoms with Gasteiger partial charge in [0.25, 0.3) is 5.91 Å². The van der Waals surface area contributed by atoms with Gasteiger partial charge in [-0.05, 0) is 24.6 Å². The number of carboxylic acid groups (broad SMARTS) is 1. The Morgan fingerprint density at radius 2 is 1.96 bits per heavy atom. The molecule has 6 nitrogen and oxygen atoms in total. The van der Waals surface area contributed by atoms with Crippen LogP contribution in [0.5, 0.6) is 0 Å². The van der Waals surface area contributed by atoms with Gasteiger partial charge in [-0.2, -0.15) is 0 Å². The van der Waals surface area contributed by atoms with E-state index >= 15 is 0 Å². The molecule has 0 radical (unpaired) electrons. The molecule has 0 spiro atoms. The van der Waals surface area contributed by atoms with Crippen LogP contribution in [0.3, 0.4) is 0 Å². The van der Waals surface area contributed by atoms with Crippen LogP contribution in [-0.2, 0) is 4.74 Å². The normalized spacial score (nSPS) is 17.5. The van der Waals surface area contributed by atoms with Gasteiger partial charge in [-0.1, -0.05) is 30.3 Å². The largest absolute Gasteiger partial charge is 0.478 e. The number of amides is 1. The Bertz CT molecular complexity index is 761. The number of ether oxygens (including phenoxy) is 1. The van der Waals surface area contributed by atoms with Gasteiger partial charge < -0.3 is 14.7 Å². The van der Waals surface area contributed by atoms with Crippen LogP contribution in [0.1, 0.15) is 38.1 Å². The quantitative estimate of drug-likeness (QED) is 0.936. The van der Waals surface area contributed by atoms with Crippen molar-refractivity contribution in [3.63, 3.8) is 0 Å². The summed E-state index contributed by atoms with van der Waals surface area (Å²) in [6.07, 6.45) is 0. The van der Waals surface area contributed by atoms with Crippen molar-refractivity contribution in [2.45, 2.75) is 13.0 Å². The van der Waals surface area contributed by atoms with Gasteiger partial charge in [0.05, 0.1) is 30.5 Å². The van der Waals surface area contributed by atoms with E-state index in [2.05, 4.69) is 4.98 Å². The minimum absolute atomic E-state index is 0.105. The van der Waals surface area contributed by atoms with Crippen molar-refractivity contribution in [1.82, 2.24) is 9.88 Å². The second-order valence-corrected chi connectivity index (χ2v) is 5.63. The second-order valence-electron chi connectivity index (χ2n) is 5.63. The first-order chi connectivity index (χ1) is 11.6. The Morgan fingerprint density at radius 3 is 2.62 bits per heavy atom. The Morgan fingerprint density at radius 1 is 1.21 bits per heavy atom. The molecule has 124 valence electrons. The summed E-state index contributed by atoms with van der Waals surface area (Å²) in [7, 11) is 0. The lowest BCUT2D eigenvalue weighted by Crippen LogP contribution is -2.43. The lowest BCUT2D eigenvalue weighted by atomic mass is 10.0. The number of carboxylic acids is 1. The van der Waals surface area contributed by atoms with E-state index in [0.29, 0.717) is 25.5 Å². The smallest absolute Gasteiger partial charge is 0.337 e. The number of carbonyl (C=O) groups is 2. The third kappa shape index (κ3) is 3.14. The fraction of sp³-hybridized carbons (Fsp3) is 0.278. The SMILES string of the molecule is Cc1nc(C(=O)N2CCOCC2c2ccccc2)ccc1C(=O)O. The maximum absolute atomic E-state index is 12.9. The number of aromatic carboxylic acids is 1. The Labute approximate surface area is 139 Å². The zero-order valence-corrected chi connectivity index (χ0v) is 13.3. The highest BCUT2D eigenvalue weighted by Crippen LogP contribution is 2.25. The third-order valence-corrected chi connectivity index (χ3v) is 4.11. The molecule has 1 N–H and O–H groups in total. The minimum atomic E-state index is -1.05. The van der Waals surface area contributed by atoms with Crippen LogP contribution in [0.15, 0.2) is 42.5 Å². The number of hydrogen-bond acceptors (Lipinski definition) is 4. The molecular formula is C18H18N2O4. The van der Waals surface area contributed by atoms with Crippen molar-refractivity contribution in [2.75, 3.05) is 19.8 Å². The Balaban J connectivity index is 1.90. The fourth-order valence-corrected chi connectivity index (χ4v) is 2.85. The number of carbonyl (C=O) groups excluding carboxylic acids is 1. The summed E-state index contributed by atoms with van der Waals surface area (Å²) in [5, 5.41) is 9.08. The number of aromatic nitrogens is 1. The predicted molar refractivity (Wildman–Crippen MR) is 87.0 cm³/mol. The van der Waals surface area contributed by atoms with Crippen LogP contribution >= 0.6 is 0 Å². The van der Waals surface area contributed by atoms with E-state index in [1.807, 2.05) is 30.3 Å². The molecule has 0 saturated carbocycles. The molecule has 3 rings (SSSR count). The lowest BCUT2D eigenvalue weighted by molar-refractivity contribution is -0.00302. The van der Waals surface area contributed by atoms with E-state index < -0.39 is 5.97 Å². The minimum Gasteiger partial charge on any atom is -0.478 e. The molecule has 1 saturated heterocycles. The molecule has 1 atom stereocenters. The van der Waals surface area contributed by atoms with Crippen LogP contribution in [0.4, 0.5) is 0 Å². The van der Waals surface area contributed by atoms with E-state index in [0.717, 1.165) is 5.56 Å². The molecule has 1 aliphatic heterocycles. The first kappa shape index (κ1) is 16.1. The van der Waals surface area contributed by atoms with Crippen LogP contribution in [0, 0.1) is 6.92 Å². The monoisotopic (exact) mass is 326 g/mol. The maximum Gasteiger partial charge on any atom is 0.337 e. The van der Waals surface area contributed by atoms with E-state index in [4.69, 9.17) is 9.84 Å². The van der Waals surface area contributed by atoms with Gasteiger partial charge in [0.2, 0.25) is 0 Å². The molecule has 1 unspecified atom stereocenters. The summed E-state index contributed by atoms with van der Waals surface area (Å²) >= 11 is 0. The van der Waals surface area contributed by atoms with Gasteiger partial charge in [0.15, 0.2) is 0 Å². The molecular weight excluding hydrogens is 308 g/mol. The molecule has 1 amide bonds. The summed E-state index contributed by atoms with van der Waals surface area (Å²) in [6, 6.07) is 12.4. The van der Waals surface area contributed by atoms with E-state index in [1.54, 1.807) is 11.8 Å². The Hall–Kier alpha value is -2.73. The number of benzene rings is 1. The number of aryl methyl sites for hydroxylation is 1. The van der Waals surface area contributed by atoms with Crippen molar-refractivity contribution in [3.8, 4) is 0 Å². The molecule has 1 aromatic carbocycles. The zero-order valence-electron chi connectivity index (χ0n) is 13.3. The van der Waals surface area contributed by atoms with Crippen molar-refractivity contribution in [1.29, 1.82) is 0 Å². The highest BCUT2D eigenvalue weighted by Gasteiger charge is 2.30. The average Bonchev–Trinajstić information content (AvgIpc) is 2.61. The molecule has 1 aromatic heterocycles. The molecule has 1 fully saturated rings. The molecule has 2 heterocycles. The highest BCUT2D eigenvalue weighted by atomic mass is 16.5.